The van der Waals surface area contributed by atoms with Crippen LogP contribution in [-0.4, -0.2) is 60.4 Å². The Hall–Kier alpha value is -0.940. The quantitative estimate of drug-likeness (QED) is 0.684. The van der Waals surface area contributed by atoms with Crippen LogP contribution in [0, 0.1) is 0 Å². The lowest BCUT2D eigenvalue weighted by atomic mass is 10.2. The number of imide groups is 1. The van der Waals surface area contributed by atoms with Crippen LogP contribution in [0.25, 0.3) is 0 Å². The van der Waals surface area contributed by atoms with Crippen molar-refractivity contribution in [2.24, 2.45) is 0 Å². The SMILES string of the molecule is C[C@@H]1CN(CC(=O)N2CCCC2=O)CCN1. The van der Waals surface area contributed by atoms with Gasteiger partial charge in [-0.2, -0.15) is 0 Å². The van der Waals surface area contributed by atoms with Crippen LogP contribution in [0.15, 0.2) is 0 Å². The highest BCUT2D eigenvalue weighted by atomic mass is 16.2. The van der Waals surface area contributed by atoms with Crippen molar-refractivity contribution in [3.05, 3.63) is 0 Å². The van der Waals surface area contributed by atoms with Crippen molar-refractivity contribution in [2.75, 3.05) is 32.7 Å². The van der Waals surface area contributed by atoms with Gasteiger partial charge in [-0.3, -0.25) is 19.4 Å². The van der Waals surface area contributed by atoms with Gasteiger partial charge >= 0.3 is 0 Å². The first-order valence-electron chi connectivity index (χ1n) is 5.96. The monoisotopic (exact) mass is 225 g/mol. The van der Waals surface area contributed by atoms with E-state index in [0.29, 0.717) is 25.6 Å². The third kappa shape index (κ3) is 2.59. The molecule has 0 saturated carbocycles. The molecule has 0 bridgehead atoms. The van der Waals surface area contributed by atoms with Crippen LogP contribution < -0.4 is 5.32 Å². The molecule has 16 heavy (non-hydrogen) atoms. The van der Waals surface area contributed by atoms with Crippen LogP contribution in [0.4, 0.5) is 0 Å². The Balaban J connectivity index is 1.84. The second-order valence-electron chi connectivity index (χ2n) is 4.63. The van der Waals surface area contributed by atoms with Crippen LogP contribution >= 0.6 is 0 Å². The molecular formula is C11H19N3O2. The van der Waals surface area contributed by atoms with Gasteiger partial charge in [0, 0.05) is 38.6 Å². The standard InChI is InChI=1S/C11H19N3O2/c1-9-7-13(6-4-12-9)8-11(16)14-5-2-3-10(14)15/h9,12H,2-8H2,1H3/t9-/m1/s1. The Morgan fingerprint density at radius 1 is 1.50 bits per heavy atom. The first kappa shape index (κ1) is 11.5. The van der Waals surface area contributed by atoms with Gasteiger partial charge in [0.05, 0.1) is 6.54 Å². The number of carbonyl (C=O) groups is 2. The molecule has 2 heterocycles. The second kappa shape index (κ2) is 4.93. The summed E-state index contributed by atoms with van der Waals surface area (Å²) >= 11 is 0. The Bertz CT molecular complexity index is 293. The number of hydrogen-bond donors (Lipinski definition) is 1. The van der Waals surface area contributed by atoms with E-state index in [2.05, 4.69) is 17.1 Å². The number of nitrogens with one attached hydrogen (secondary N) is 1. The van der Waals surface area contributed by atoms with E-state index in [9.17, 15) is 9.59 Å². The topological polar surface area (TPSA) is 52.7 Å². The summed E-state index contributed by atoms with van der Waals surface area (Å²) in [7, 11) is 0. The minimum atomic E-state index is -0.0309. The molecule has 5 heteroatoms. The Labute approximate surface area is 95.8 Å². The predicted molar refractivity (Wildman–Crippen MR) is 59.9 cm³/mol. The normalized spacial score (nSPS) is 27.4. The van der Waals surface area contributed by atoms with Gasteiger partial charge in [0.25, 0.3) is 0 Å². The molecule has 0 aromatic rings. The zero-order valence-electron chi connectivity index (χ0n) is 9.74. The van der Waals surface area contributed by atoms with Gasteiger partial charge in [0.1, 0.15) is 0 Å². The summed E-state index contributed by atoms with van der Waals surface area (Å²) in [5.74, 6) is -0.0372. The van der Waals surface area contributed by atoms with Gasteiger partial charge in [0.15, 0.2) is 0 Å². The van der Waals surface area contributed by atoms with Crippen molar-refractivity contribution in [1.29, 1.82) is 0 Å². The number of rotatable bonds is 2. The summed E-state index contributed by atoms with van der Waals surface area (Å²) in [6.07, 6.45) is 1.35. The molecule has 2 fully saturated rings. The van der Waals surface area contributed by atoms with Crippen LogP contribution in [0.5, 0.6) is 0 Å². The average molecular weight is 225 g/mol. The molecule has 2 saturated heterocycles. The molecule has 2 aliphatic heterocycles. The van der Waals surface area contributed by atoms with Gasteiger partial charge in [0.2, 0.25) is 11.8 Å². The highest BCUT2D eigenvalue weighted by Crippen LogP contribution is 2.10. The van der Waals surface area contributed by atoms with E-state index in [1.807, 2.05) is 0 Å². The van der Waals surface area contributed by atoms with Crippen molar-refractivity contribution in [3.8, 4) is 0 Å². The minimum Gasteiger partial charge on any atom is -0.312 e. The maximum Gasteiger partial charge on any atom is 0.243 e. The molecule has 0 aromatic carbocycles. The molecule has 0 spiro atoms. The van der Waals surface area contributed by atoms with Gasteiger partial charge in [-0.25, -0.2) is 0 Å². The number of piperazine rings is 1. The van der Waals surface area contributed by atoms with E-state index >= 15 is 0 Å². The number of likely N-dealkylation sites (tertiary alicyclic amines) is 1. The predicted octanol–water partition coefficient (Wildman–Crippen LogP) is -0.571. The first-order valence-corrected chi connectivity index (χ1v) is 5.96. The van der Waals surface area contributed by atoms with Crippen LogP contribution in [0.2, 0.25) is 0 Å². The van der Waals surface area contributed by atoms with E-state index in [0.717, 1.165) is 26.1 Å². The Morgan fingerprint density at radius 3 is 2.94 bits per heavy atom. The third-order valence-corrected chi connectivity index (χ3v) is 3.19. The van der Waals surface area contributed by atoms with Crippen molar-refractivity contribution in [2.45, 2.75) is 25.8 Å². The molecule has 2 amide bonds. The third-order valence-electron chi connectivity index (χ3n) is 3.19. The van der Waals surface area contributed by atoms with Gasteiger partial charge in [-0.1, -0.05) is 0 Å². The highest BCUT2D eigenvalue weighted by Gasteiger charge is 2.28. The Morgan fingerprint density at radius 2 is 2.31 bits per heavy atom. The van der Waals surface area contributed by atoms with Gasteiger partial charge < -0.3 is 5.32 Å². The lowest BCUT2D eigenvalue weighted by Crippen LogP contribution is -2.52. The van der Waals surface area contributed by atoms with Crippen molar-refractivity contribution < 1.29 is 9.59 Å². The first-order chi connectivity index (χ1) is 7.66. The van der Waals surface area contributed by atoms with E-state index in [1.54, 1.807) is 0 Å². The molecule has 0 unspecified atom stereocenters. The van der Waals surface area contributed by atoms with Crippen LogP contribution in [0.1, 0.15) is 19.8 Å². The molecule has 0 aromatic heterocycles. The zero-order valence-corrected chi connectivity index (χ0v) is 9.74. The van der Waals surface area contributed by atoms with E-state index < -0.39 is 0 Å². The summed E-state index contributed by atoms with van der Waals surface area (Å²) in [4.78, 5) is 26.8. The fourth-order valence-electron chi connectivity index (χ4n) is 2.34. The maximum atomic E-state index is 11.9. The molecular weight excluding hydrogens is 206 g/mol. The molecule has 0 aliphatic carbocycles. The highest BCUT2D eigenvalue weighted by molar-refractivity contribution is 5.97. The molecule has 5 nitrogen and oxygen atoms in total. The Kier molecular flexibility index (Phi) is 3.56. The van der Waals surface area contributed by atoms with Crippen LogP contribution in [-0.2, 0) is 9.59 Å². The summed E-state index contributed by atoms with van der Waals surface area (Å²) in [6.45, 7) is 5.79. The van der Waals surface area contributed by atoms with Crippen molar-refractivity contribution in [1.82, 2.24) is 15.1 Å². The number of carbonyl (C=O) groups excluding carboxylic acids is 2. The fourth-order valence-corrected chi connectivity index (χ4v) is 2.34. The van der Waals surface area contributed by atoms with E-state index in [4.69, 9.17) is 0 Å². The fraction of sp³-hybridized carbons (Fsp3) is 0.818. The molecule has 0 radical (unpaired) electrons. The number of hydrogen-bond acceptors (Lipinski definition) is 4. The summed E-state index contributed by atoms with van der Waals surface area (Å²) in [5, 5.41) is 3.33. The van der Waals surface area contributed by atoms with Gasteiger partial charge in [-0.05, 0) is 13.3 Å². The number of amides is 2. The largest absolute Gasteiger partial charge is 0.312 e. The lowest BCUT2D eigenvalue weighted by molar-refractivity contribution is -0.142. The molecule has 1 atom stereocenters. The van der Waals surface area contributed by atoms with Crippen molar-refractivity contribution >= 4 is 11.8 Å². The minimum absolute atomic E-state index is 0.00631. The molecule has 2 rings (SSSR count). The molecule has 2 aliphatic rings. The number of nitrogens with zero attached hydrogens (tertiary/aromatic N) is 2. The van der Waals surface area contributed by atoms with Gasteiger partial charge in [-0.15, -0.1) is 0 Å². The summed E-state index contributed by atoms with van der Waals surface area (Å²) in [6, 6.07) is 0.427. The summed E-state index contributed by atoms with van der Waals surface area (Å²) in [5.41, 5.74) is 0. The van der Waals surface area contributed by atoms with Crippen LogP contribution in [0.3, 0.4) is 0 Å². The van der Waals surface area contributed by atoms with Crippen molar-refractivity contribution in [3.63, 3.8) is 0 Å². The molecule has 1 N–H and O–H groups in total. The average Bonchev–Trinajstić information content (AvgIpc) is 2.64. The zero-order chi connectivity index (χ0) is 11.5. The molecule has 90 valence electrons. The van der Waals surface area contributed by atoms with E-state index in [1.165, 1.54) is 4.90 Å². The summed E-state index contributed by atoms with van der Waals surface area (Å²) < 4.78 is 0. The smallest absolute Gasteiger partial charge is 0.243 e. The van der Waals surface area contributed by atoms with E-state index in [-0.39, 0.29) is 11.8 Å². The maximum absolute atomic E-state index is 11.9. The lowest BCUT2D eigenvalue weighted by Gasteiger charge is -2.32. The second-order valence-corrected chi connectivity index (χ2v) is 4.63.